The third-order valence-corrected chi connectivity index (χ3v) is 6.17. The Morgan fingerprint density at radius 1 is 1.24 bits per heavy atom. The highest BCUT2D eigenvalue weighted by atomic mass is 16.6. The molecule has 1 aliphatic heterocycles. The molecule has 33 heavy (non-hydrogen) atoms. The number of alkyl carbamates (subject to hydrolysis) is 1. The molecule has 0 aromatic heterocycles. The summed E-state index contributed by atoms with van der Waals surface area (Å²) in [5.74, 6) is -2.81. The Labute approximate surface area is 193 Å². The van der Waals surface area contributed by atoms with Crippen molar-refractivity contribution in [3.05, 3.63) is 52.6 Å². The van der Waals surface area contributed by atoms with Gasteiger partial charge in [-0.2, -0.15) is 0 Å². The number of aliphatic hydroxyl groups is 1. The topological polar surface area (TPSA) is 114 Å². The van der Waals surface area contributed by atoms with Crippen LogP contribution in [0.25, 0.3) is 0 Å². The number of rotatable bonds is 4. The van der Waals surface area contributed by atoms with Crippen molar-refractivity contribution in [2.45, 2.75) is 76.9 Å². The molecule has 0 spiro atoms. The predicted molar refractivity (Wildman–Crippen MR) is 120 cm³/mol. The zero-order chi connectivity index (χ0) is 24.2. The van der Waals surface area contributed by atoms with E-state index in [-0.39, 0.29) is 0 Å². The number of amides is 2. The van der Waals surface area contributed by atoms with Gasteiger partial charge in [-0.3, -0.25) is 9.59 Å². The minimum atomic E-state index is -2.08. The highest BCUT2D eigenvalue weighted by molar-refractivity contribution is 6.15. The largest absolute Gasteiger partial charge is 0.454 e. The van der Waals surface area contributed by atoms with Crippen molar-refractivity contribution < 1.29 is 29.0 Å². The summed E-state index contributed by atoms with van der Waals surface area (Å²) in [7, 11) is 0. The van der Waals surface area contributed by atoms with Crippen LogP contribution in [0.5, 0.6) is 5.75 Å². The van der Waals surface area contributed by atoms with Crippen molar-refractivity contribution >= 4 is 17.8 Å². The zero-order valence-corrected chi connectivity index (χ0v) is 19.6. The normalized spacial score (nSPS) is 26.2. The van der Waals surface area contributed by atoms with Gasteiger partial charge in [0, 0.05) is 16.7 Å². The second-order valence-electron chi connectivity index (χ2n) is 9.68. The van der Waals surface area contributed by atoms with Crippen LogP contribution in [0.1, 0.15) is 58.6 Å². The number of nitrogens with one attached hydrogen (secondary N) is 2. The van der Waals surface area contributed by atoms with Gasteiger partial charge < -0.3 is 25.2 Å². The SMILES string of the molecule is CCc1ccc2c(c1)OC1(O)C3=CCCC=C3C(=O)C21NC(=O)C(C)NC(=O)OC(C)(C)C. The Morgan fingerprint density at radius 3 is 2.61 bits per heavy atom. The van der Waals surface area contributed by atoms with Gasteiger partial charge in [0.15, 0.2) is 5.78 Å². The maximum absolute atomic E-state index is 13.8. The molecule has 1 aromatic carbocycles. The number of carbonyl (C=O) groups excluding carboxylic acids is 3. The van der Waals surface area contributed by atoms with Gasteiger partial charge in [-0.05, 0) is 58.6 Å². The van der Waals surface area contributed by atoms with Crippen LogP contribution in [0.4, 0.5) is 4.79 Å². The maximum Gasteiger partial charge on any atom is 0.408 e. The molecule has 3 unspecified atom stereocenters. The van der Waals surface area contributed by atoms with Gasteiger partial charge in [0.2, 0.25) is 11.4 Å². The molecule has 0 radical (unpaired) electrons. The molecule has 3 N–H and O–H groups in total. The molecule has 1 fully saturated rings. The van der Waals surface area contributed by atoms with E-state index in [9.17, 15) is 19.5 Å². The Kier molecular flexibility index (Phi) is 5.40. The van der Waals surface area contributed by atoms with Gasteiger partial charge in [0.25, 0.3) is 5.79 Å². The molecule has 0 saturated heterocycles. The molecule has 1 saturated carbocycles. The summed E-state index contributed by atoms with van der Waals surface area (Å²) in [6, 6.07) is 4.31. The van der Waals surface area contributed by atoms with Crippen molar-refractivity contribution in [2.75, 3.05) is 0 Å². The van der Waals surface area contributed by atoms with Gasteiger partial charge in [-0.1, -0.05) is 31.2 Å². The van der Waals surface area contributed by atoms with E-state index in [1.54, 1.807) is 45.1 Å². The van der Waals surface area contributed by atoms with Crippen LogP contribution in [0.2, 0.25) is 0 Å². The van der Waals surface area contributed by atoms with Gasteiger partial charge in [-0.15, -0.1) is 0 Å². The lowest BCUT2D eigenvalue weighted by Gasteiger charge is -2.35. The maximum atomic E-state index is 13.8. The Morgan fingerprint density at radius 2 is 1.94 bits per heavy atom. The van der Waals surface area contributed by atoms with Crippen LogP contribution in [-0.4, -0.2) is 40.3 Å². The van der Waals surface area contributed by atoms with Crippen LogP contribution < -0.4 is 15.4 Å². The summed E-state index contributed by atoms with van der Waals surface area (Å²) < 4.78 is 11.3. The van der Waals surface area contributed by atoms with E-state index in [4.69, 9.17) is 9.47 Å². The molecule has 4 rings (SSSR count). The van der Waals surface area contributed by atoms with Crippen LogP contribution in [-0.2, 0) is 26.3 Å². The first-order valence-electron chi connectivity index (χ1n) is 11.2. The van der Waals surface area contributed by atoms with Crippen molar-refractivity contribution in [3.8, 4) is 5.75 Å². The van der Waals surface area contributed by atoms with Crippen molar-refractivity contribution in [1.82, 2.24) is 10.6 Å². The van der Waals surface area contributed by atoms with E-state index in [1.165, 1.54) is 6.92 Å². The lowest BCUT2D eigenvalue weighted by atomic mass is 9.83. The van der Waals surface area contributed by atoms with E-state index in [0.29, 0.717) is 35.3 Å². The highest BCUT2D eigenvalue weighted by Gasteiger charge is 2.73. The first-order chi connectivity index (χ1) is 15.4. The minimum Gasteiger partial charge on any atom is -0.454 e. The second-order valence-corrected chi connectivity index (χ2v) is 9.68. The van der Waals surface area contributed by atoms with Crippen molar-refractivity contribution in [2.24, 2.45) is 0 Å². The van der Waals surface area contributed by atoms with E-state index in [0.717, 1.165) is 12.0 Å². The number of allylic oxidation sites excluding steroid dienone is 2. The van der Waals surface area contributed by atoms with Crippen LogP contribution in [0.15, 0.2) is 41.5 Å². The standard InChI is InChI=1S/C25H30N2O6/c1-6-15-11-12-18-19(13-15)32-25(31)17-10-8-7-9-16(17)20(28)24(18,25)27-21(29)14(2)26-22(30)33-23(3,4)5/h9-14,31H,6-8H2,1-5H3,(H,26,30)(H,27,29). The molecular formula is C25H30N2O6. The average Bonchev–Trinajstić information content (AvgIpc) is 3.09. The fourth-order valence-electron chi connectivity index (χ4n) is 4.60. The summed E-state index contributed by atoms with van der Waals surface area (Å²) in [5.41, 5.74) is -0.508. The average molecular weight is 455 g/mol. The number of benzene rings is 1. The van der Waals surface area contributed by atoms with Crippen molar-refractivity contribution in [3.63, 3.8) is 0 Å². The minimum absolute atomic E-state index is 0.349. The molecule has 2 aliphatic carbocycles. The fraction of sp³-hybridized carbons (Fsp3) is 0.480. The summed E-state index contributed by atoms with van der Waals surface area (Å²) in [5, 5.41) is 17.0. The van der Waals surface area contributed by atoms with Crippen LogP contribution in [0.3, 0.4) is 0 Å². The highest BCUT2D eigenvalue weighted by Crippen LogP contribution is 2.58. The molecular weight excluding hydrogens is 424 g/mol. The summed E-state index contributed by atoms with van der Waals surface area (Å²) in [4.78, 5) is 39.1. The van der Waals surface area contributed by atoms with Crippen LogP contribution >= 0.6 is 0 Å². The summed E-state index contributed by atoms with van der Waals surface area (Å²) >= 11 is 0. The first kappa shape index (κ1) is 23.0. The smallest absolute Gasteiger partial charge is 0.408 e. The van der Waals surface area contributed by atoms with Gasteiger partial charge >= 0.3 is 6.09 Å². The van der Waals surface area contributed by atoms with Gasteiger partial charge in [0.1, 0.15) is 17.4 Å². The molecule has 176 valence electrons. The fourth-order valence-corrected chi connectivity index (χ4v) is 4.60. The number of aryl methyl sites for hydroxylation is 1. The number of ketones is 1. The molecule has 8 nitrogen and oxygen atoms in total. The number of hydrogen-bond acceptors (Lipinski definition) is 6. The second kappa shape index (κ2) is 7.73. The molecule has 0 bridgehead atoms. The zero-order valence-electron chi connectivity index (χ0n) is 19.6. The Hall–Kier alpha value is -3.13. The number of carbonyl (C=O) groups is 3. The number of fused-ring (bicyclic) bond motifs is 5. The third-order valence-electron chi connectivity index (χ3n) is 6.17. The number of ether oxygens (including phenoxy) is 2. The summed E-state index contributed by atoms with van der Waals surface area (Å²) in [6.45, 7) is 8.62. The Bertz CT molecular complexity index is 1100. The summed E-state index contributed by atoms with van der Waals surface area (Å²) in [6.07, 6.45) is 4.85. The quantitative estimate of drug-likeness (QED) is 0.645. The lowest BCUT2D eigenvalue weighted by Crippen LogP contribution is -2.64. The predicted octanol–water partition coefficient (Wildman–Crippen LogP) is 2.78. The third kappa shape index (κ3) is 3.53. The van der Waals surface area contributed by atoms with E-state index < -0.39 is 40.8 Å². The number of Topliss-reactive ketones (excluding diaryl/α,β-unsaturated/α-hetero) is 1. The van der Waals surface area contributed by atoms with Gasteiger partial charge in [-0.25, -0.2) is 4.79 Å². The van der Waals surface area contributed by atoms with Gasteiger partial charge in [0.05, 0.1) is 0 Å². The monoisotopic (exact) mass is 454 g/mol. The van der Waals surface area contributed by atoms with E-state index in [1.807, 2.05) is 13.0 Å². The molecule has 3 aliphatic rings. The molecule has 1 aromatic rings. The van der Waals surface area contributed by atoms with Crippen molar-refractivity contribution in [1.29, 1.82) is 0 Å². The van der Waals surface area contributed by atoms with E-state index in [2.05, 4.69) is 10.6 Å². The molecule has 3 atom stereocenters. The van der Waals surface area contributed by atoms with E-state index >= 15 is 0 Å². The molecule has 1 heterocycles. The van der Waals surface area contributed by atoms with Crippen LogP contribution in [0, 0.1) is 0 Å². The molecule has 8 heteroatoms. The lowest BCUT2D eigenvalue weighted by molar-refractivity contribution is -0.160. The number of hydrogen-bond donors (Lipinski definition) is 3. The molecule has 2 amide bonds. The first-order valence-corrected chi connectivity index (χ1v) is 11.2. The Balaban J connectivity index is 1.73.